The van der Waals surface area contributed by atoms with Crippen molar-refractivity contribution in [2.45, 2.75) is 20.3 Å². The lowest BCUT2D eigenvalue weighted by atomic mass is 10.0. The molecular formula is C18H18N2O. The molecule has 1 N–H and O–H groups in total. The zero-order chi connectivity index (χ0) is 14.8. The first-order valence-corrected chi connectivity index (χ1v) is 7.14. The van der Waals surface area contributed by atoms with Crippen LogP contribution < -0.4 is 0 Å². The van der Waals surface area contributed by atoms with Crippen LogP contribution >= 0.6 is 0 Å². The van der Waals surface area contributed by atoms with Crippen LogP contribution in [0.1, 0.15) is 18.2 Å². The van der Waals surface area contributed by atoms with Crippen molar-refractivity contribution >= 4 is 0 Å². The van der Waals surface area contributed by atoms with Crippen LogP contribution in [0.2, 0.25) is 0 Å². The minimum absolute atomic E-state index is 0.201. The molecule has 0 amide bonds. The van der Waals surface area contributed by atoms with Crippen LogP contribution in [0.3, 0.4) is 0 Å². The lowest BCUT2D eigenvalue weighted by Crippen LogP contribution is -1.98. The third kappa shape index (κ3) is 2.31. The highest BCUT2D eigenvalue weighted by Crippen LogP contribution is 2.35. The standard InChI is InChI=1S/C18H18N2O/c1-3-15-17(14-10-5-4-6-11-14)18(21)20(19-15)16-12-8-7-9-13(16)2/h4-12,21H,3H2,1-2H3. The molecule has 0 aliphatic carbocycles. The average molecular weight is 278 g/mol. The number of hydrogen-bond acceptors (Lipinski definition) is 2. The molecule has 0 fully saturated rings. The minimum atomic E-state index is 0.201. The van der Waals surface area contributed by atoms with Gasteiger partial charge in [-0.3, -0.25) is 0 Å². The van der Waals surface area contributed by atoms with Gasteiger partial charge in [0.05, 0.1) is 16.9 Å². The lowest BCUT2D eigenvalue weighted by molar-refractivity contribution is 0.435. The van der Waals surface area contributed by atoms with E-state index in [0.29, 0.717) is 0 Å². The van der Waals surface area contributed by atoms with Crippen LogP contribution in [0.4, 0.5) is 0 Å². The van der Waals surface area contributed by atoms with Crippen molar-refractivity contribution in [2.24, 2.45) is 0 Å². The van der Waals surface area contributed by atoms with E-state index in [-0.39, 0.29) is 5.88 Å². The number of aromatic nitrogens is 2. The van der Waals surface area contributed by atoms with Crippen molar-refractivity contribution < 1.29 is 5.11 Å². The minimum Gasteiger partial charge on any atom is -0.493 e. The highest BCUT2D eigenvalue weighted by Gasteiger charge is 2.19. The van der Waals surface area contributed by atoms with Gasteiger partial charge in [-0.25, -0.2) is 4.68 Å². The quantitative estimate of drug-likeness (QED) is 0.782. The van der Waals surface area contributed by atoms with Gasteiger partial charge in [0, 0.05) is 0 Å². The molecule has 3 aromatic rings. The molecule has 0 radical (unpaired) electrons. The predicted octanol–water partition coefficient (Wildman–Crippen LogP) is 4.12. The molecule has 0 unspecified atom stereocenters. The SMILES string of the molecule is CCc1nn(-c2ccccc2C)c(O)c1-c1ccccc1. The Morgan fingerprint density at radius 1 is 1.00 bits per heavy atom. The highest BCUT2D eigenvalue weighted by molar-refractivity contribution is 5.72. The van der Waals surface area contributed by atoms with Gasteiger partial charge in [-0.15, -0.1) is 0 Å². The Bertz CT molecular complexity index is 760. The van der Waals surface area contributed by atoms with Crippen LogP contribution in [0, 0.1) is 6.92 Å². The van der Waals surface area contributed by atoms with Crippen molar-refractivity contribution in [1.29, 1.82) is 0 Å². The van der Waals surface area contributed by atoms with Crippen molar-refractivity contribution in [2.75, 3.05) is 0 Å². The van der Waals surface area contributed by atoms with Gasteiger partial charge in [0.1, 0.15) is 0 Å². The molecule has 3 rings (SSSR count). The maximum Gasteiger partial charge on any atom is 0.222 e. The summed E-state index contributed by atoms with van der Waals surface area (Å²) < 4.78 is 1.64. The van der Waals surface area contributed by atoms with Gasteiger partial charge >= 0.3 is 0 Å². The average Bonchev–Trinajstić information content (AvgIpc) is 2.85. The zero-order valence-corrected chi connectivity index (χ0v) is 12.2. The fourth-order valence-electron chi connectivity index (χ4n) is 2.57. The Kier molecular flexibility index (Phi) is 3.48. The topological polar surface area (TPSA) is 38.0 Å². The van der Waals surface area contributed by atoms with E-state index in [1.807, 2.05) is 61.5 Å². The Morgan fingerprint density at radius 3 is 2.33 bits per heavy atom. The maximum absolute atomic E-state index is 10.7. The number of aromatic hydroxyl groups is 1. The highest BCUT2D eigenvalue weighted by atomic mass is 16.3. The van der Waals surface area contributed by atoms with Crippen molar-refractivity contribution in [3.8, 4) is 22.7 Å². The van der Waals surface area contributed by atoms with E-state index in [4.69, 9.17) is 0 Å². The summed E-state index contributed by atoms with van der Waals surface area (Å²) in [6.07, 6.45) is 0.774. The summed E-state index contributed by atoms with van der Waals surface area (Å²) in [6.45, 7) is 4.07. The third-order valence-electron chi connectivity index (χ3n) is 3.67. The Morgan fingerprint density at radius 2 is 1.67 bits per heavy atom. The predicted molar refractivity (Wildman–Crippen MR) is 84.8 cm³/mol. The molecule has 0 saturated carbocycles. The summed E-state index contributed by atoms with van der Waals surface area (Å²) in [7, 11) is 0. The number of aryl methyl sites for hydroxylation is 2. The monoisotopic (exact) mass is 278 g/mol. The summed E-state index contributed by atoms with van der Waals surface area (Å²) in [4.78, 5) is 0. The summed E-state index contributed by atoms with van der Waals surface area (Å²) >= 11 is 0. The van der Waals surface area contributed by atoms with E-state index in [0.717, 1.165) is 34.5 Å². The first-order valence-electron chi connectivity index (χ1n) is 7.14. The van der Waals surface area contributed by atoms with Gasteiger partial charge in [-0.2, -0.15) is 5.10 Å². The Balaban J connectivity index is 2.22. The van der Waals surface area contributed by atoms with Crippen LogP contribution in [0.5, 0.6) is 5.88 Å². The van der Waals surface area contributed by atoms with E-state index in [9.17, 15) is 5.11 Å². The number of nitrogens with zero attached hydrogens (tertiary/aromatic N) is 2. The fraction of sp³-hybridized carbons (Fsp3) is 0.167. The lowest BCUT2D eigenvalue weighted by Gasteiger charge is -2.07. The largest absolute Gasteiger partial charge is 0.493 e. The summed E-state index contributed by atoms with van der Waals surface area (Å²) in [6, 6.07) is 17.8. The molecule has 1 aromatic heterocycles. The van der Waals surface area contributed by atoms with Crippen LogP contribution in [-0.2, 0) is 6.42 Å². The normalized spacial score (nSPS) is 10.8. The van der Waals surface area contributed by atoms with Gasteiger partial charge < -0.3 is 5.11 Å². The second-order valence-electron chi connectivity index (χ2n) is 5.06. The summed E-state index contributed by atoms with van der Waals surface area (Å²) in [5.74, 6) is 0.201. The molecule has 3 nitrogen and oxygen atoms in total. The van der Waals surface area contributed by atoms with Gasteiger partial charge in [-0.1, -0.05) is 55.5 Å². The molecule has 0 bridgehead atoms. The van der Waals surface area contributed by atoms with Gasteiger partial charge in [0.2, 0.25) is 5.88 Å². The van der Waals surface area contributed by atoms with E-state index in [1.54, 1.807) is 4.68 Å². The van der Waals surface area contributed by atoms with Gasteiger partial charge in [0.25, 0.3) is 0 Å². The molecule has 106 valence electrons. The fourth-order valence-corrected chi connectivity index (χ4v) is 2.57. The molecule has 0 spiro atoms. The van der Waals surface area contributed by atoms with Crippen LogP contribution in [-0.4, -0.2) is 14.9 Å². The molecule has 1 heterocycles. The number of para-hydroxylation sites is 1. The Labute approximate surface area is 124 Å². The van der Waals surface area contributed by atoms with Crippen LogP contribution in [0.15, 0.2) is 54.6 Å². The zero-order valence-electron chi connectivity index (χ0n) is 12.2. The van der Waals surface area contributed by atoms with Crippen molar-refractivity contribution in [3.05, 3.63) is 65.9 Å². The molecule has 0 aliphatic rings. The number of benzene rings is 2. The molecule has 0 aliphatic heterocycles. The summed E-state index contributed by atoms with van der Waals surface area (Å²) in [5.41, 5.74) is 4.71. The summed E-state index contributed by atoms with van der Waals surface area (Å²) in [5, 5.41) is 15.3. The first kappa shape index (κ1) is 13.4. The first-order chi connectivity index (χ1) is 10.2. The van der Waals surface area contributed by atoms with Crippen molar-refractivity contribution in [1.82, 2.24) is 9.78 Å². The van der Waals surface area contributed by atoms with Gasteiger partial charge in [-0.05, 0) is 30.5 Å². The molecule has 3 heteroatoms. The molecule has 0 saturated heterocycles. The molecule has 21 heavy (non-hydrogen) atoms. The van der Waals surface area contributed by atoms with E-state index >= 15 is 0 Å². The van der Waals surface area contributed by atoms with Gasteiger partial charge in [0.15, 0.2) is 0 Å². The second kappa shape index (κ2) is 5.44. The third-order valence-corrected chi connectivity index (χ3v) is 3.67. The van der Waals surface area contributed by atoms with E-state index in [2.05, 4.69) is 12.0 Å². The number of hydrogen-bond donors (Lipinski definition) is 1. The molecular weight excluding hydrogens is 260 g/mol. The number of rotatable bonds is 3. The Hall–Kier alpha value is -2.55. The van der Waals surface area contributed by atoms with Crippen molar-refractivity contribution in [3.63, 3.8) is 0 Å². The smallest absolute Gasteiger partial charge is 0.222 e. The molecule has 2 aromatic carbocycles. The van der Waals surface area contributed by atoms with E-state index < -0.39 is 0 Å². The second-order valence-corrected chi connectivity index (χ2v) is 5.06. The van der Waals surface area contributed by atoms with Crippen LogP contribution in [0.25, 0.3) is 16.8 Å². The van der Waals surface area contributed by atoms with E-state index in [1.165, 1.54) is 0 Å². The molecule has 0 atom stereocenters. The maximum atomic E-state index is 10.7.